The molecule has 1 unspecified atom stereocenters. The van der Waals surface area contributed by atoms with E-state index in [-0.39, 0.29) is 5.69 Å². The van der Waals surface area contributed by atoms with Gasteiger partial charge in [-0.2, -0.15) is 5.26 Å². The van der Waals surface area contributed by atoms with Crippen LogP contribution >= 0.6 is 0 Å². The summed E-state index contributed by atoms with van der Waals surface area (Å²) >= 11 is 0. The molecule has 1 N–H and O–H groups in total. The molecule has 1 atom stereocenters. The molecule has 0 radical (unpaired) electrons. The van der Waals surface area contributed by atoms with Crippen LogP contribution in [-0.2, 0) is 4.79 Å². The smallest absolute Gasteiger partial charge is 0.481 e. The number of nitrogens with one attached hydrogen (secondary N) is 1. The molecule has 0 spiro atoms. The van der Waals surface area contributed by atoms with Crippen molar-refractivity contribution < 1.29 is 27.4 Å². The highest BCUT2D eigenvalue weighted by Crippen LogP contribution is 2.30. The van der Waals surface area contributed by atoms with Crippen molar-refractivity contribution in [2.75, 3.05) is 5.32 Å². The molecule has 0 aliphatic rings. The number of amides is 1. The summed E-state index contributed by atoms with van der Waals surface area (Å²) in [6.45, 7) is 1.45. The zero-order valence-corrected chi connectivity index (χ0v) is 13.0. The summed E-state index contributed by atoms with van der Waals surface area (Å²) in [7, 11) is 0. The number of nitrogens with zero attached hydrogens (tertiary/aromatic N) is 1. The Labute approximate surface area is 141 Å². The molecule has 0 fully saturated rings. The van der Waals surface area contributed by atoms with Crippen LogP contribution in [0.4, 0.5) is 18.9 Å². The normalized spacial score (nSPS) is 12.0. The monoisotopic (exact) mass is 350 g/mol. The fraction of sp³-hybridized carbons (Fsp3) is 0.176. The highest BCUT2D eigenvalue weighted by Gasteiger charge is 2.32. The highest BCUT2D eigenvalue weighted by molar-refractivity contribution is 5.95. The number of alkyl halides is 3. The SMILES string of the molecule is CC(Oc1ccc(C#N)cc1)C(=O)Nc1ccccc1OC(F)(F)F. The van der Waals surface area contributed by atoms with Crippen LogP contribution in [0.25, 0.3) is 0 Å². The molecule has 25 heavy (non-hydrogen) atoms. The summed E-state index contributed by atoms with van der Waals surface area (Å²) in [5.41, 5.74) is 0.308. The topological polar surface area (TPSA) is 71.3 Å². The van der Waals surface area contributed by atoms with Gasteiger partial charge in [0.2, 0.25) is 0 Å². The summed E-state index contributed by atoms with van der Waals surface area (Å²) in [5.74, 6) is -0.821. The Morgan fingerprint density at radius 1 is 1.16 bits per heavy atom. The maximum atomic E-state index is 12.4. The first-order valence-electron chi connectivity index (χ1n) is 7.11. The largest absolute Gasteiger partial charge is 0.573 e. The second-order valence-electron chi connectivity index (χ2n) is 4.93. The quantitative estimate of drug-likeness (QED) is 0.889. The third kappa shape index (κ3) is 5.42. The van der Waals surface area contributed by atoms with Gasteiger partial charge in [0.25, 0.3) is 5.91 Å². The average Bonchev–Trinajstić information content (AvgIpc) is 2.56. The number of halogens is 3. The standard InChI is InChI=1S/C17H13F3N2O3/c1-11(24-13-8-6-12(10-21)7-9-13)16(23)22-14-4-2-3-5-15(14)25-17(18,19)20/h2-9,11H,1H3,(H,22,23). The molecule has 0 heterocycles. The Balaban J connectivity index is 2.05. The average molecular weight is 350 g/mol. The number of carbonyl (C=O) groups excluding carboxylic acids is 1. The van der Waals surface area contributed by atoms with Gasteiger partial charge in [0.05, 0.1) is 17.3 Å². The van der Waals surface area contributed by atoms with E-state index >= 15 is 0 Å². The van der Waals surface area contributed by atoms with E-state index in [2.05, 4.69) is 10.1 Å². The minimum atomic E-state index is -4.87. The van der Waals surface area contributed by atoms with Crippen molar-refractivity contribution in [3.05, 3.63) is 54.1 Å². The van der Waals surface area contributed by atoms with Gasteiger partial charge in [-0.15, -0.1) is 13.2 Å². The Morgan fingerprint density at radius 2 is 1.80 bits per heavy atom. The van der Waals surface area contributed by atoms with Gasteiger partial charge in [-0.25, -0.2) is 0 Å². The van der Waals surface area contributed by atoms with Gasteiger partial charge in [-0.1, -0.05) is 12.1 Å². The number of nitriles is 1. The fourth-order valence-electron chi connectivity index (χ4n) is 1.88. The second-order valence-corrected chi connectivity index (χ2v) is 4.93. The molecule has 2 aromatic rings. The molecule has 0 saturated carbocycles. The lowest BCUT2D eigenvalue weighted by atomic mass is 10.2. The van der Waals surface area contributed by atoms with E-state index in [9.17, 15) is 18.0 Å². The lowest BCUT2D eigenvalue weighted by Gasteiger charge is -2.17. The summed E-state index contributed by atoms with van der Waals surface area (Å²) in [4.78, 5) is 12.1. The molecule has 0 saturated heterocycles. The number of benzene rings is 2. The maximum absolute atomic E-state index is 12.4. The first kappa shape index (κ1) is 18.1. The minimum absolute atomic E-state index is 0.125. The molecule has 130 valence electrons. The number of hydrogen-bond donors (Lipinski definition) is 1. The van der Waals surface area contributed by atoms with Gasteiger partial charge < -0.3 is 14.8 Å². The first-order chi connectivity index (χ1) is 11.8. The first-order valence-corrected chi connectivity index (χ1v) is 7.11. The molecule has 0 aliphatic carbocycles. The van der Waals surface area contributed by atoms with E-state index < -0.39 is 24.1 Å². The van der Waals surface area contributed by atoms with Crippen molar-refractivity contribution in [2.45, 2.75) is 19.4 Å². The third-order valence-corrected chi connectivity index (χ3v) is 3.04. The summed E-state index contributed by atoms with van der Waals surface area (Å²) < 4.78 is 46.4. The van der Waals surface area contributed by atoms with E-state index in [0.717, 1.165) is 6.07 Å². The second kappa shape index (κ2) is 7.57. The predicted molar refractivity (Wildman–Crippen MR) is 83.0 cm³/mol. The molecular weight excluding hydrogens is 337 g/mol. The van der Waals surface area contributed by atoms with Crippen LogP contribution in [-0.4, -0.2) is 18.4 Å². The predicted octanol–water partition coefficient (Wildman–Crippen LogP) is 3.86. The molecular formula is C17H13F3N2O3. The van der Waals surface area contributed by atoms with E-state index in [1.54, 1.807) is 0 Å². The lowest BCUT2D eigenvalue weighted by molar-refractivity contribution is -0.274. The zero-order chi connectivity index (χ0) is 18.4. The van der Waals surface area contributed by atoms with Gasteiger partial charge in [-0.05, 0) is 43.3 Å². The van der Waals surface area contributed by atoms with Crippen molar-refractivity contribution in [3.8, 4) is 17.6 Å². The highest BCUT2D eigenvalue weighted by atomic mass is 19.4. The van der Waals surface area contributed by atoms with Crippen molar-refractivity contribution in [1.29, 1.82) is 5.26 Å². The Kier molecular flexibility index (Phi) is 5.49. The molecule has 8 heteroatoms. The van der Waals surface area contributed by atoms with Crippen molar-refractivity contribution in [1.82, 2.24) is 0 Å². The number of rotatable bonds is 5. The summed E-state index contributed by atoms with van der Waals surface area (Å²) in [5, 5.41) is 11.1. The number of ether oxygens (including phenoxy) is 2. The van der Waals surface area contributed by atoms with Gasteiger partial charge in [0.1, 0.15) is 5.75 Å². The van der Waals surface area contributed by atoms with Crippen molar-refractivity contribution in [2.24, 2.45) is 0 Å². The van der Waals surface area contributed by atoms with E-state index in [1.165, 1.54) is 49.4 Å². The van der Waals surface area contributed by atoms with Crippen molar-refractivity contribution >= 4 is 11.6 Å². The third-order valence-electron chi connectivity index (χ3n) is 3.04. The summed E-state index contributed by atoms with van der Waals surface area (Å²) in [6, 6.07) is 13.2. The number of anilines is 1. The van der Waals surface area contributed by atoms with Gasteiger partial charge in [0, 0.05) is 0 Å². The minimum Gasteiger partial charge on any atom is -0.481 e. The lowest BCUT2D eigenvalue weighted by Crippen LogP contribution is -2.30. The molecule has 2 rings (SSSR count). The van der Waals surface area contributed by atoms with E-state index in [0.29, 0.717) is 11.3 Å². The zero-order valence-electron chi connectivity index (χ0n) is 13.0. The van der Waals surface area contributed by atoms with Crippen LogP contribution in [0.3, 0.4) is 0 Å². The molecule has 1 amide bonds. The Morgan fingerprint density at radius 3 is 2.40 bits per heavy atom. The van der Waals surface area contributed by atoms with Gasteiger partial charge in [0.15, 0.2) is 11.9 Å². The Bertz CT molecular complexity index is 783. The molecule has 5 nitrogen and oxygen atoms in total. The molecule has 0 aromatic heterocycles. The van der Waals surface area contributed by atoms with Crippen molar-refractivity contribution in [3.63, 3.8) is 0 Å². The van der Waals surface area contributed by atoms with Crippen LogP contribution < -0.4 is 14.8 Å². The molecule has 0 bridgehead atoms. The number of para-hydroxylation sites is 2. The van der Waals surface area contributed by atoms with Gasteiger partial charge in [-0.3, -0.25) is 4.79 Å². The summed E-state index contributed by atoms with van der Waals surface area (Å²) in [6.07, 6.45) is -5.85. The van der Waals surface area contributed by atoms with Crippen LogP contribution in [0.5, 0.6) is 11.5 Å². The van der Waals surface area contributed by atoms with Gasteiger partial charge >= 0.3 is 6.36 Å². The Hall–Kier alpha value is -3.21. The number of carbonyl (C=O) groups is 1. The molecule has 2 aromatic carbocycles. The van der Waals surface area contributed by atoms with E-state index in [1.807, 2.05) is 6.07 Å². The maximum Gasteiger partial charge on any atom is 0.573 e. The van der Waals surface area contributed by atoms with Crippen LogP contribution in [0.2, 0.25) is 0 Å². The van der Waals surface area contributed by atoms with Crippen LogP contribution in [0.1, 0.15) is 12.5 Å². The number of hydrogen-bond acceptors (Lipinski definition) is 4. The fourth-order valence-corrected chi connectivity index (χ4v) is 1.88. The van der Waals surface area contributed by atoms with Crippen LogP contribution in [0.15, 0.2) is 48.5 Å². The van der Waals surface area contributed by atoms with E-state index in [4.69, 9.17) is 10.00 Å². The van der Waals surface area contributed by atoms with Crippen LogP contribution in [0, 0.1) is 11.3 Å². The molecule has 0 aliphatic heterocycles.